The highest BCUT2D eigenvalue weighted by Crippen LogP contribution is 2.41. The Morgan fingerprint density at radius 3 is 2.54 bits per heavy atom. The summed E-state index contributed by atoms with van der Waals surface area (Å²) >= 11 is 0. The van der Waals surface area contributed by atoms with Crippen LogP contribution in [0.2, 0.25) is 0 Å². The summed E-state index contributed by atoms with van der Waals surface area (Å²) in [7, 11) is 3.50. The molecule has 1 aromatic rings. The molecule has 2 unspecified atom stereocenters. The van der Waals surface area contributed by atoms with Crippen LogP contribution in [0.3, 0.4) is 0 Å². The van der Waals surface area contributed by atoms with Gasteiger partial charge in [0.1, 0.15) is 0 Å². The number of nitrogens with one attached hydrogen (secondary N) is 1. The number of nitrogens with zero attached hydrogens (tertiary/aromatic N) is 1. The molecular weight excluding hydrogens is 326 g/mol. The molecule has 2 aliphatic rings. The van der Waals surface area contributed by atoms with E-state index in [0.29, 0.717) is 30.0 Å². The number of carbonyl (C=O) groups is 2. The summed E-state index contributed by atoms with van der Waals surface area (Å²) in [4.78, 5) is 26.2. The van der Waals surface area contributed by atoms with E-state index in [2.05, 4.69) is 5.32 Å². The maximum absolute atomic E-state index is 12.6. The van der Waals surface area contributed by atoms with Gasteiger partial charge in [-0.3, -0.25) is 9.59 Å². The zero-order chi connectivity index (χ0) is 18.7. The second-order valence-corrected chi connectivity index (χ2v) is 8.14. The maximum atomic E-state index is 12.6. The van der Waals surface area contributed by atoms with Crippen molar-refractivity contribution in [1.29, 1.82) is 0 Å². The van der Waals surface area contributed by atoms with E-state index < -0.39 is 0 Å². The van der Waals surface area contributed by atoms with Gasteiger partial charge in [0, 0.05) is 38.2 Å². The van der Waals surface area contributed by atoms with Gasteiger partial charge in [0.2, 0.25) is 5.91 Å². The van der Waals surface area contributed by atoms with Crippen molar-refractivity contribution in [1.82, 2.24) is 10.2 Å². The van der Waals surface area contributed by atoms with E-state index in [0.717, 1.165) is 24.8 Å². The summed E-state index contributed by atoms with van der Waals surface area (Å²) in [5.41, 5.74) is 8.08. The zero-order valence-electron chi connectivity index (χ0n) is 15.9. The molecule has 142 valence electrons. The second-order valence-electron chi connectivity index (χ2n) is 8.14. The van der Waals surface area contributed by atoms with E-state index in [1.807, 2.05) is 24.3 Å². The number of rotatable bonds is 5. The summed E-state index contributed by atoms with van der Waals surface area (Å²) in [6, 6.07) is 7.94. The quantitative estimate of drug-likeness (QED) is 0.848. The molecule has 0 aromatic heterocycles. The van der Waals surface area contributed by atoms with Gasteiger partial charge in [-0.05, 0) is 61.6 Å². The van der Waals surface area contributed by atoms with E-state index in [9.17, 15) is 9.59 Å². The summed E-state index contributed by atoms with van der Waals surface area (Å²) in [6.07, 6.45) is 6.23. The number of hydrogen-bond donors (Lipinski definition) is 2. The molecule has 0 aliphatic heterocycles. The highest BCUT2D eigenvalue weighted by atomic mass is 16.2. The van der Waals surface area contributed by atoms with Crippen LogP contribution in [0.4, 0.5) is 0 Å². The Morgan fingerprint density at radius 2 is 1.88 bits per heavy atom. The van der Waals surface area contributed by atoms with Crippen LogP contribution in [-0.2, 0) is 11.2 Å². The van der Waals surface area contributed by atoms with E-state index in [1.165, 1.54) is 19.3 Å². The number of carbonyl (C=O) groups excluding carboxylic acids is 2. The first kappa shape index (κ1) is 18.9. The van der Waals surface area contributed by atoms with Crippen LogP contribution in [-0.4, -0.2) is 43.4 Å². The lowest BCUT2D eigenvalue weighted by atomic mass is 9.65. The highest BCUT2D eigenvalue weighted by Gasteiger charge is 2.40. The zero-order valence-corrected chi connectivity index (χ0v) is 15.9. The third-order valence-corrected chi connectivity index (χ3v) is 6.08. The largest absolute Gasteiger partial charge is 0.356 e. The Labute approximate surface area is 156 Å². The van der Waals surface area contributed by atoms with Gasteiger partial charge in [-0.25, -0.2) is 0 Å². The van der Waals surface area contributed by atoms with Crippen molar-refractivity contribution in [2.75, 3.05) is 20.6 Å². The lowest BCUT2D eigenvalue weighted by molar-refractivity contribution is -0.127. The predicted molar refractivity (Wildman–Crippen MR) is 103 cm³/mol. The van der Waals surface area contributed by atoms with Crippen LogP contribution in [0.15, 0.2) is 24.3 Å². The second kappa shape index (κ2) is 8.21. The third-order valence-electron chi connectivity index (χ3n) is 6.08. The van der Waals surface area contributed by atoms with Crippen LogP contribution in [0.5, 0.6) is 0 Å². The Kier molecular flexibility index (Phi) is 5.97. The van der Waals surface area contributed by atoms with Crippen LogP contribution in [0.1, 0.15) is 48.0 Å². The first-order valence-electron chi connectivity index (χ1n) is 9.79. The molecule has 0 saturated heterocycles. The average molecular weight is 357 g/mol. The Balaban J connectivity index is 1.50. The Bertz CT molecular complexity index is 644. The molecule has 3 N–H and O–H groups in total. The fourth-order valence-corrected chi connectivity index (χ4v) is 4.60. The van der Waals surface area contributed by atoms with Crippen LogP contribution >= 0.6 is 0 Å². The third kappa shape index (κ3) is 4.26. The first-order valence-corrected chi connectivity index (χ1v) is 9.79. The molecule has 2 amide bonds. The van der Waals surface area contributed by atoms with Crippen molar-refractivity contribution in [3.8, 4) is 0 Å². The van der Waals surface area contributed by atoms with Gasteiger partial charge in [-0.15, -0.1) is 0 Å². The fourth-order valence-electron chi connectivity index (χ4n) is 4.60. The van der Waals surface area contributed by atoms with Crippen molar-refractivity contribution in [2.45, 2.75) is 44.6 Å². The van der Waals surface area contributed by atoms with Gasteiger partial charge < -0.3 is 16.0 Å². The molecule has 2 fully saturated rings. The number of amides is 2. The van der Waals surface area contributed by atoms with E-state index in [1.54, 1.807) is 19.0 Å². The van der Waals surface area contributed by atoms with Crippen molar-refractivity contribution in [3.05, 3.63) is 35.4 Å². The monoisotopic (exact) mass is 357 g/mol. The molecule has 26 heavy (non-hydrogen) atoms. The number of benzene rings is 1. The first-order chi connectivity index (χ1) is 12.5. The Morgan fingerprint density at radius 1 is 1.19 bits per heavy atom. The number of hydrogen-bond acceptors (Lipinski definition) is 3. The smallest absolute Gasteiger partial charge is 0.253 e. The molecule has 3 rings (SSSR count). The van der Waals surface area contributed by atoms with Crippen molar-refractivity contribution < 1.29 is 9.59 Å². The van der Waals surface area contributed by atoms with Gasteiger partial charge in [-0.2, -0.15) is 0 Å². The molecule has 5 heteroatoms. The standard InChI is InChI=1S/C21H31N3O2/c1-24(2)21(26)17-8-3-5-14(11-17)9-10-23-20(25)18-12-15-6-4-7-16(13-18)19(15)22/h3,5,8,11,15-16,18-19H,4,6-7,9-10,12-13,22H2,1-2H3,(H,23,25). The molecule has 2 saturated carbocycles. The Hall–Kier alpha value is -1.88. The lowest BCUT2D eigenvalue weighted by Gasteiger charge is -2.43. The van der Waals surface area contributed by atoms with Gasteiger partial charge in [0.05, 0.1) is 0 Å². The van der Waals surface area contributed by atoms with Crippen LogP contribution in [0, 0.1) is 17.8 Å². The molecule has 0 radical (unpaired) electrons. The maximum Gasteiger partial charge on any atom is 0.253 e. The SMILES string of the molecule is CN(C)C(=O)c1cccc(CCNC(=O)C2CC3CCCC(C2)C3N)c1. The van der Waals surface area contributed by atoms with Crippen LogP contribution in [0.25, 0.3) is 0 Å². The van der Waals surface area contributed by atoms with Gasteiger partial charge in [-0.1, -0.05) is 18.6 Å². The van der Waals surface area contributed by atoms with Crippen molar-refractivity contribution in [2.24, 2.45) is 23.5 Å². The fraction of sp³-hybridized carbons (Fsp3) is 0.619. The molecule has 5 nitrogen and oxygen atoms in total. The van der Waals surface area contributed by atoms with E-state index >= 15 is 0 Å². The minimum atomic E-state index is 0.000898. The molecule has 1 aromatic carbocycles. The van der Waals surface area contributed by atoms with Gasteiger partial charge in [0.15, 0.2) is 0 Å². The van der Waals surface area contributed by atoms with Crippen molar-refractivity contribution in [3.63, 3.8) is 0 Å². The minimum absolute atomic E-state index is 0.000898. The predicted octanol–water partition coefficient (Wildman–Crippen LogP) is 2.20. The number of nitrogens with two attached hydrogens (primary N) is 1. The van der Waals surface area contributed by atoms with Gasteiger partial charge in [0.25, 0.3) is 5.91 Å². The average Bonchev–Trinajstić information content (AvgIpc) is 2.61. The topological polar surface area (TPSA) is 75.4 Å². The summed E-state index contributed by atoms with van der Waals surface area (Å²) in [5, 5.41) is 3.10. The minimum Gasteiger partial charge on any atom is -0.356 e. The summed E-state index contributed by atoms with van der Waals surface area (Å²) in [6.45, 7) is 0.607. The van der Waals surface area contributed by atoms with Crippen LogP contribution < -0.4 is 11.1 Å². The van der Waals surface area contributed by atoms with Crippen molar-refractivity contribution >= 4 is 11.8 Å². The summed E-state index contributed by atoms with van der Waals surface area (Å²) < 4.78 is 0. The molecule has 2 aliphatic carbocycles. The lowest BCUT2D eigenvalue weighted by Crippen LogP contribution is -2.49. The normalized spacial score (nSPS) is 27.7. The van der Waals surface area contributed by atoms with E-state index in [4.69, 9.17) is 5.73 Å². The van der Waals surface area contributed by atoms with E-state index in [-0.39, 0.29) is 17.7 Å². The molecule has 0 spiro atoms. The molecular formula is C21H31N3O2. The molecule has 0 heterocycles. The summed E-state index contributed by atoms with van der Waals surface area (Å²) in [5.74, 6) is 1.33. The molecule has 2 atom stereocenters. The highest BCUT2D eigenvalue weighted by molar-refractivity contribution is 5.94. The molecule has 2 bridgehead atoms. The van der Waals surface area contributed by atoms with Gasteiger partial charge >= 0.3 is 0 Å². The number of fused-ring (bicyclic) bond motifs is 2.